The van der Waals surface area contributed by atoms with E-state index in [1.165, 1.54) is 18.4 Å². The van der Waals surface area contributed by atoms with Crippen LogP contribution in [0.1, 0.15) is 56.0 Å². The summed E-state index contributed by atoms with van der Waals surface area (Å²) in [5.74, 6) is 1.10. The largest absolute Gasteiger partial charge is 0.293 e. The van der Waals surface area contributed by atoms with E-state index < -0.39 is 0 Å². The molecule has 0 saturated heterocycles. The van der Waals surface area contributed by atoms with Crippen LogP contribution in [0.15, 0.2) is 24.3 Å². The van der Waals surface area contributed by atoms with E-state index in [4.69, 9.17) is 0 Å². The highest BCUT2D eigenvalue weighted by atomic mass is 16.1. The third-order valence-corrected chi connectivity index (χ3v) is 4.27. The minimum absolute atomic E-state index is 0.00280. The molecule has 1 aromatic carbocycles. The number of aryl methyl sites for hydroxylation is 1. The lowest BCUT2D eigenvalue weighted by atomic mass is 10.0. The van der Waals surface area contributed by atoms with Crippen molar-refractivity contribution in [2.45, 2.75) is 52.5 Å². The van der Waals surface area contributed by atoms with Crippen molar-refractivity contribution < 1.29 is 4.79 Å². The summed E-state index contributed by atoms with van der Waals surface area (Å²) in [6, 6.07) is 8.12. The fourth-order valence-electron chi connectivity index (χ4n) is 2.67. The minimum Gasteiger partial charge on any atom is -0.293 e. The van der Waals surface area contributed by atoms with Gasteiger partial charge in [0.2, 0.25) is 0 Å². The molecule has 0 aliphatic heterocycles. The highest BCUT2D eigenvalue weighted by Crippen LogP contribution is 2.30. The van der Waals surface area contributed by atoms with Gasteiger partial charge in [0.15, 0.2) is 5.78 Å². The monoisotopic (exact) mass is 273 g/mol. The molecular weight excluding hydrogens is 246 g/mol. The lowest BCUT2D eigenvalue weighted by Crippen LogP contribution is -2.40. The van der Waals surface area contributed by atoms with Gasteiger partial charge >= 0.3 is 0 Å². The average Bonchev–Trinajstić information content (AvgIpc) is 3.29. The van der Waals surface area contributed by atoms with Gasteiger partial charge in [0, 0.05) is 12.1 Å². The van der Waals surface area contributed by atoms with Crippen LogP contribution in [0.2, 0.25) is 0 Å². The maximum atomic E-state index is 12.6. The van der Waals surface area contributed by atoms with Gasteiger partial charge in [0.05, 0.1) is 6.04 Å². The van der Waals surface area contributed by atoms with Gasteiger partial charge in [-0.1, -0.05) is 38.1 Å². The molecule has 2 nitrogen and oxygen atoms in total. The maximum Gasteiger partial charge on any atom is 0.179 e. The molecule has 110 valence electrons. The Morgan fingerprint density at radius 1 is 1.25 bits per heavy atom. The van der Waals surface area contributed by atoms with Crippen molar-refractivity contribution in [3.63, 3.8) is 0 Å². The summed E-state index contributed by atoms with van der Waals surface area (Å²) in [6.07, 6.45) is 4.81. The number of carbonyl (C=O) groups excluding carboxylic acids is 1. The van der Waals surface area contributed by atoms with Crippen molar-refractivity contribution in [1.82, 2.24) is 4.90 Å². The van der Waals surface area contributed by atoms with E-state index in [0.717, 1.165) is 37.4 Å². The van der Waals surface area contributed by atoms with E-state index in [9.17, 15) is 4.79 Å². The predicted octanol–water partition coefficient (Wildman–Crippen LogP) is 3.94. The zero-order valence-electron chi connectivity index (χ0n) is 13.1. The summed E-state index contributed by atoms with van der Waals surface area (Å²) in [7, 11) is 0. The Balaban J connectivity index is 2.03. The maximum absolute atomic E-state index is 12.6. The lowest BCUT2D eigenvalue weighted by molar-refractivity contribution is 0.0831. The molecule has 0 N–H and O–H groups in total. The number of rotatable bonds is 8. The molecular formula is C18H27NO. The molecule has 0 bridgehead atoms. The summed E-state index contributed by atoms with van der Waals surface area (Å²) < 4.78 is 0. The normalized spacial score (nSPS) is 16.4. The van der Waals surface area contributed by atoms with Crippen LogP contribution in [0, 0.1) is 5.92 Å². The second-order valence-electron chi connectivity index (χ2n) is 6.03. The molecule has 1 aliphatic carbocycles. The number of hydrogen-bond acceptors (Lipinski definition) is 2. The Morgan fingerprint density at radius 3 is 2.40 bits per heavy atom. The quantitative estimate of drug-likeness (QED) is 0.669. The first-order chi connectivity index (χ1) is 9.65. The molecule has 0 amide bonds. The van der Waals surface area contributed by atoms with Crippen LogP contribution < -0.4 is 0 Å². The first-order valence-electron chi connectivity index (χ1n) is 8.02. The van der Waals surface area contributed by atoms with E-state index in [1.807, 2.05) is 12.1 Å². The lowest BCUT2D eigenvalue weighted by Gasteiger charge is -2.27. The second kappa shape index (κ2) is 7.03. The van der Waals surface area contributed by atoms with Crippen LogP contribution in [0.25, 0.3) is 0 Å². The van der Waals surface area contributed by atoms with Crippen LogP contribution in [0.4, 0.5) is 0 Å². The van der Waals surface area contributed by atoms with E-state index >= 15 is 0 Å². The highest BCUT2D eigenvalue weighted by Gasteiger charge is 2.29. The topological polar surface area (TPSA) is 20.3 Å². The summed E-state index contributed by atoms with van der Waals surface area (Å²) in [4.78, 5) is 15.0. The number of carbonyl (C=O) groups is 1. The van der Waals surface area contributed by atoms with Gasteiger partial charge in [0.25, 0.3) is 0 Å². The molecule has 2 rings (SSSR count). The first kappa shape index (κ1) is 15.2. The van der Waals surface area contributed by atoms with E-state index in [0.29, 0.717) is 0 Å². The van der Waals surface area contributed by atoms with Crippen molar-refractivity contribution in [1.29, 1.82) is 0 Å². The minimum atomic E-state index is 0.00280. The molecule has 1 atom stereocenters. The van der Waals surface area contributed by atoms with E-state index in [-0.39, 0.29) is 11.8 Å². The van der Waals surface area contributed by atoms with Crippen molar-refractivity contribution >= 4 is 5.78 Å². The fourth-order valence-corrected chi connectivity index (χ4v) is 2.67. The third-order valence-electron chi connectivity index (χ3n) is 4.27. The number of nitrogens with zero attached hydrogens (tertiary/aromatic N) is 1. The molecule has 0 radical (unpaired) electrons. The molecule has 0 spiro atoms. The number of hydrogen-bond donors (Lipinski definition) is 0. The van der Waals surface area contributed by atoms with Crippen molar-refractivity contribution in [3.05, 3.63) is 35.4 Å². The number of benzene rings is 1. The zero-order valence-corrected chi connectivity index (χ0v) is 13.1. The SMILES string of the molecule is CCCN(CC1CC1)C(C)C(=O)c1ccc(CC)cc1. The summed E-state index contributed by atoms with van der Waals surface area (Å²) in [6.45, 7) is 8.50. The number of Topliss-reactive ketones (excluding diaryl/α,β-unsaturated/α-hetero) is 1. The highest BCUT2D eigenvalue weighted by molar-refractivity contribution is 5.99. The van der Waals surface area contributed by atoms with Gasteiger partial charge in [-0.15, -0.1) is 0 Å². The van der Waals surface area contributed by atoms with Gasteiger partial charge in [-0.05, 0) is 50.6 Å². The van der Waals surface area contributed by atoms with Gasteiger partial charge < -0.3 is 0 Å². The van der Waals surface area contributed by atoms with Gasteiger partial charge in [-0.2, -0.15) is 0 Å². The van der Waals surface area contributed by atoms with Gasteiger partial charge in [-0.25, -0.2) is 0 Å². The fraction of sp³-hybridized carbons (Fsp3) is 0.611. The molecule has 0 heterocycles. The van der Waals surface area contributed by atoms with Crippen molar-refractivity contribution in [2.24, 2.45) is 5.92 Å². The molecule has 20 heavy (non-hydrogen) atoms. The molecule has 1 aliphatic rings. The summed E-state index contributed by atoms with van der Waals surface area (Å²) >= 11 is 0. The summed E-state index contributed by atoms with van der Waals surface area (Å²) in [5.41, 5.74) is 2.14. The van der Waals surface area contributed by atoms with Crippen LogP contribution >= 0.6 is 0 Å². The molecule has 1 unspecified atom stereocenters. The Hall–Kier alpha value is -1.15. The van der Waals surface area contributed by atoms with Gasteiger partial charge in [0.1, 0.15) is 0 Å². The second-order valence-corrected chi connectivity index (χ2v) is 6.03. The standard InChI is InChI=1S/C18H27NO/c1-4-12-19(13-16-6-7-16)14(3)18(20)17-10-8-15(5-2)9-11-17/h8-11,14,16H,4-7,12-13H2,1-3H3. The van der Waals surface area contributed by atoms with Crippen molar-refractivity contribution in [3.8, 4) is 0 Å². The molecule has 1 saturated carbocycles. The third kappa shape index (κ3) is 3.92. The first-order valence-corrected chi connectivity index (χ1v) is 8.02. The van der Waals surface area contributed by atoms with Crippen LogP contribution in [-0.2, 0) is 6.42 Å². The smallest absolute Gasteiger partial charge is 0.179 e. The van der Waals surface area contributed by atoms with Crippen LogP contribution in [-0.4, -0.2) is 29.8 Å². The Bertz CT molecular complexity index is 433. The van der Waals surface area contributed by atoms with E-state index in [2.05, 4.69) is 37.8 Å². The Labute approximate surface area is 123 Å². The molecule has 0 aromatic heterocycles. The van der Waals surface area contributed by atoms with Crippen molar-refractivity contribution in [2.75, 3.05) is 13.1 Å². The van der Waals surface area contributed by atoms with E-state index in [1.54, 1.807) is 0 Å². The average molecular weight is 273 g/mol. The summed E-state index contributed by atoms with van der Waals surface area (Å²) in [5, 5.41) is 0. The Morgan fingerprint density at radius 2 is 1.90 bits per heavy atom. The molecule has 1 fully saturated rings. The van der Waals surface area contributed by atoms with Gasteiger partial charge in [-0.3, -0.25) is 9.69 Å². The Kier molecular flexibility index (Phi) is 5.36. The van der Waals surface area contributed by atoms with Crippen LogP contribution in [0.5, 0.6) is 0 Å². The molecule has 1 aromatic rings. The van der Waals surface area contributed by atoms with Crippen LogP contribution in [0.3, 0.4) is 0 Å². The molecule has 2 heteroatoms. The number of ketones is 1. The zero-order chi connectivity index (χ0) is 14.5. The predicted molar refractivity (Wildman–Crippen MR) is 84.2 cm³/mol.